The zero-order valence-corrected chi connectivity index (χ0v) is 16.5. The molecular formula is C20H30N6O2. The molecular weight excluding hydrogens is 356 g/mol. The van der Waals surface area contributed by atoms with Crippen LogP contribution in [0.25, 0.3) is 5.65 Å². The topological polar surface area (TPSA) is 66.1 Å². The van der Waals surface area contributed by atoms with Crippen molar-refractivity contribution in [2.75, 3.05) is 52.4 Å². The van der Waals surface area contributed by atoms with Gasteiger partial charge in [-0.15, -0.1) is 5.10 Å². The summed E-state index contributed by atoms with van der Waals surface area (Å²) in [6.45, 7) is 7.44. The minimum absolute atomic E-state index is 0.0858. The molecule has 2 saturated heterocycles. The van der Waals surface area contributed by atoms with E-state index in [0.29, 0.717) is 18.7 Å². The molecule has 0 bridgehead atoms. The van der Waals surface area contributed by atoms with E-state index in [-0.39, 0.29) is 11.6 Å². The number of amides is 1. The highest BCUT2D eigenvalue weighted by atomic mass is 16.2. The first-order valence-corrected chi connectivity index (χ1v) is 10.5. The van der Waals surface area contributed by atoms with Crippen molar-refractivity contribution in [2.45, 2.75) is 32.2 Å². The number of nitrogens with zero attached hydrogens (tertiary/aromatic N) is 6. The fourth-order valence-electron chi connectivity index (χ4n) is 4.13. The van der Waals surface area contributed by atoms with Crippen molar-refractivity contribution >= 4 is 11.6 Å². The molecule has 1 amide bonds. The van der Waals surface area contributed by atoms with Gasteiger partial charge in [-0.05, 0) is 25.0 Å². The molecule has 2 aromatic heterocycles. The van der Waals surface area contributed by atoms with Crippen molar-refractivity contribution in [2.24, 2.45) is 0 Å². The monoisotopic (exact) mass is 386 g/mol. The number of fused-ring (bicyclic) bond motifs is 1. The molecule has 0 spiro atoms. The Morgan fingerprint density at radius 1 is 0.893 bits per heavy atom. The lowest BCUT2D eigenvalue weighted by Crippen LogP contribution is -2.50. The first-order chi connectivity index (χ1) is 13.7. The highest BCUT2D eigenvalue weighted by molar-refractivity contribution is 5.78. The minimum atomic E-state index is -0.0858. The Morgan fingerprint density at radius 2 is 1.61 bits per heavy atom. The lowest BCUT2D eigenvalue weighted by atomic mass is 10.2. The lowest BCUT2D eigenvalue weighted by molar-refractivity contribution is -0.132. The van der Waals surface area contributed by atoms with Gasteiger partial charge in [-0.2, -0.15) is 0 Å². The van der Waals surface area contributed by atoms with E-state index in [1.807, 2.05) is 18.2 Å². The summed E-state index contributed by atoms with van der Waals surface area (Å²) in [7, 11) is 0. The second-order valence-electron chi connectivity index (χ2n) is 7.85. The average Bonchev–Trinajstić information content (AvgIpc) is 2.89. The summed E-state index contributed by atoms with van der Waals surface area (Å²) >= 11 is 0. The largest absolute Gasteiger partial charge is 0.350 e. The van der Waals surface area contributed by atoms with E-state index in [1.54, 1.807) is 15.3 Å². The van der Waals surface area contributed by atoms with Crippen LogP contribution >= 0.6 is 0 Å². The van der Waals surface area contributed by atoms with Crippen LogP contribution in [0.3, 0.4) is 0 Å². The Bertz CT molecular complexity index is 844. The van der Waals surface area contributed by atoms with Crippen molar-refractivity contribution in [3.63, 3.8) is 0 Å². The van der Waals surface area contributed by atoms with E-state index in [0.717, 1.165) is 58.7 Å². The molecule has 152 valence electrons. The third kappa shape index (κ3) is 4.44. The van der Waals surface area contributed by atoms with Crippen LogP contribution in [0.15, 0.2) is 29.2 Å². The number of aromatic nitrogens is 3. The van der Waals surface area contributed by atoms with Crippen LogP contribution in [0.4, 0.5) is 0 Å². The Balaban J connectivity index is 1.23. The number of carbonyl (C=O) groups is 1. The Labute approximate surface area is 165 Å². The Morgan fingerprint density at radius 3 is 2.32 bits per heavy atom. The Hall–Kier alpha value is -2.19. The summed E-state index contributed by atoms with van der Waals surface area (Å²) in [5.74, 6) is 0.284. The van der Waals surface area contributed by atoms with Crippen LogP contribution in [0.2, 0.25) is 0 Å². The molecule has 4 heterocycles. The van der Waals surface area contributed by atoms with E-state index in [2.05, 4.69) is 19.8 Å². The summed E-state index contributed by atoms with van der Waals surface area (Å²) in [5.41, 5.74) is 0.599. The number of pyridine rings is 1. The van der Waals surface area contributed by atoms with Gasteiger partial charge in [0.1, 0.15) is 0 Å². The molecule has 8 heteroatoms. The SMILES string of the molecule is O=C(CN1CCN(CCn2nc3ccccn3c2=O)CC1)N1CCCCCC1. The van der Waals surface area contributed by atoms with Gasteiger partial charge in [0.2, 0.25) is 5.91 Å². The van der Waals surface area contributed by atoms with Gasteiger partial charge in [-0.3, -0.25) is 19.0 Å². The fraction of sp³-hybridized carbons (Fsp3) is 0.650. The highest BCUT2D eigenvalue weighted by Gasteiger charge is 2.22. The summed E-state index contributed by atoms with van der Waals surface area (Å²) in [6, 6.07) is 5.57. The van der Waals surface area contributed by atoms with E-state index in [9.17, 15) is 9.59 Å². The van der Waals surface area contributed by atoms with E-state index in [4.69, 9.17) is 0 Å². The smallest absolute Gasteiger partial charge is 0.342 e. The van der Waals surface area contributed by atoms with Crippen LogP contribution in [0.5, 0.6) is 0 Å². The van der Waals surface area contributed by atoms with Gasteiger partial charge in [0, 0.05) is 52.0 Å². The van der Waals surface area contributed by atoms with Crippen LogP contribution < -0.4 is 5.69 Å². The molecule has 0 aliphatic carbocycles. The molecule has 2 aliphatic heterocycles. The molecule has 0 atom stereocenters. The van der Waals surface area contributed by atoms with Gasteiger partial charge in [0.15, 0.2) is 5.65 Å². The van der Waals surface area contributed by atoms with Crippen LogP contribution in [0, 0.1) is 0 Å². The van der Waals surface area contributed by atoms with Gasteiger partial charge >= 0.3 is 5.69 Å². The third-order valence-corrected chi connectivity index (χ3v) is 5.90. The fourth-order valence-corrected chi connectivity index (χ4v) is 4.13. The van der Waals surface area contributed by atoms with E-state index >= 15 is 0 Å². The quantitative estimate of drug-likeness (QED) is 0.749. The van der Waals surface area contributed by atoms with E-state index in [1.165, 1.54) is 12.8 Å². The maximum absolute atomic E-state index is 12.6. The predicted molar refractivity (Wildman–Crippen MR) is 107 cm³/mol. The number of piperazine rings is 1. The van der Waals surface area contributed by atoms with Crippen LogP contribution in [-0.4, -0.2) is 87.1 Å². The molecule has 0 aromatic carbocycles. The molecule has 8 nitrogen and oxygen atoms in total. The maximum atomic E-state index is 12.6. The first-order valence-electron chi connectivity index (χ1n) is 10.5. The van der Waals surface area contributed by atoms with E-state index < -0.39 is 0 Å². The third-order valence-electron chi connectivity index (χ3n) is 5.90. The molecule has 0 radical (unpaired) electrons. The molecule has 2 fully saturated rings. The van der Waals surface area contributed by atoms with Crippen molar-refractivity contribution in [3.05, 3.63) is 34.9 Å². The average molecular weight is 387 g/mol. The van der Waals surface area contributed by atoms with Gasteiger partial charge in [0.05, 0.1) is 13.1 Å². The van der Waals surface area contributed by atoms with Crippen LogP contribution in [0.1, 0.15) is 25.7 Å². The van der Waals surface area contributed by atoms with Crippen molar-refractivity contribution in [1.29, 1.82) is 0 Å². The molecule has 2 aromatic rings. The molecule has 0 N–H and O–H groups in total. The molecule has 0 saturated carbocycles. The number of hydrogen-bond acceptors (Lipinski definition) is 5. The normalized spacial score (nSPS) is 19.8. The zero-order chi connectivity index (χ0) is 19.3. The van der Waals surface area contributed by atoms with Gasteiger partial charge < -0.3 is 4.90 Å². The maximum Gasteiger partial charge on any atom is 0.350 e. The molecule has 4 rings (SSSR count). The van der Waals surface area contributed by atoms with Gasteiger partial charge in [-0.25, -0.2) is 9.48 Å². The van der Waals surface area contributed by atoms with Gasteiger partial charge in [-0.1, -0.05) is 18.9 Å². The molecule has 28 heavy (non-hydrogen) atoms. The van der Waals surface area contributed by atoms with Crippen molar-refractivity contribution in [3.8, 4) is 0 Å². The zero-order valence-electron chi connectivity index (χ0n) is 16.5. The Kier molecular flexibility index (Phi) is 6.07. The predicted octanol–water partition coefficient (Wildman–Crippen LogP) is 0.516. The van der Waals surface area contributed by atoms with Crippen molar-refractivity contribution in [1.82, 2.24) is 28.9 Å². The van der Waals surface area contributed by atoms with Crippen LogP contribution in [-0.2, 0) is 11.3 Å². The summed E-state index contributed by atoms with van der Waals surface area (Å²) in [5, 5.41) is 4.39. The number of hydrogen-bond donors (Lipinski definition) is 0. The first kappa shape index (κ1) is 19.1. The number of likely N-dealkylation sites (tertiary alicyclic amines) is 1. The summed E-state index contributed by atoms with van der Waals surface area (Å²) in [4.78, 5) is 31.6. The van der Waals surface area contributed by atoms with Crippen molar-refractivity contribution < 1.29 is 4.79 Å². The summed E-state index contributed by atoms with van der Waals surface area (Å²) in [6.07, 6.45) is 6.53. The standard InChI is InChI=1S/C20H30N6O2/c27-19(24-8-4-1-2-5-9-24)17-23-13-11-22(12-14-23)15-16-26-20(28)25-10-6-3-7-18(25)21-26/h3,6-7,10H,1-2,4-5,8-9,11-17H2. The lowest BCUT2D eigenvalue weighted by Gasteiger charge is -2.35. The second kappa shape index (κ2) is 8.87. The summed E-state index contributed by atoms with van der Waals surface area (Å²) < 4.78 is 3.12. The minimum Gasteiger partial charge on any atom is -0.342 e. The number of rotatable bonds is 5. The molecule has 0 unspecified atom stereocenters. The second-order valence-corrected chi connectivity index (χ2v) is 7.85. The highest BCUT2D eigenvalue weighted by Crippen LogP contribution is 2.11. The molecule has 2 aliphatic rings. The van der Waals surface area contributed by atoms with Gasteiger partial charge in [0.25, 0.3) is 0 Å². The number of carbonyl (C=O) groups excluding carboxylic acids is 1.